The van der Waals surface area contributed by atoms with Crippen LogP contribution in [-0.4, -0.2) is 62.8 Å². The highest BCUT2D eigenvalue weighted by Crippen LogP contribution is 2.29. The van der Waals surface area contributed by atoms with E-state index in [1.54, 1.807) is 30.1 Å². The number of aldehydes is 1. The van der Waals surface area contributed by atoms with Gasteiger partial charge in [0.05, 0.1) is 24.0 Å². The minimum Gasteiger partial charge on any atom is -0.489 e. The largest absolute Gasteiger partial charge is 0.489 e. The third-order valence-electron chi connectivity index (χ3n) is 6.11. The van der Waals surface area contributed by atoms with Gasteiger partial charge in [0.1, 0.15) is 24.2 Å². The predicted molar refractivity (Wildman–Crippen MR) is 141 cm³/mol. The molecule has 5 rings (SSSR count). The number of hydrogen-bond acceptors (Lipinski definition) is 7. The Morgan fingerprint density at radius 3 is 2.85 bits per heavy atom. The van der Waals surface area contributed by atoms with Crippen molar-refractivity contribution < 1.29 is 19.1 Å². The summed E-state index contributed by atoms with van der Waals surface area (Å²) < 4.78 is 7.43. The fourth-order valence-electron chi connectivity index (χ4n) is 4.05. The topological polar surface area (TPSA) is 135 Å². The number of benzene rings is 2. The first kappa shape index (κ1) is 25.4. The van der Waals surface area contributed by atoms with Gasteiger partial charge in [-0.25, -0.2) is 4.98 Å². The third-order valence-corrected chi connectivity index (χ3v) is 6.11. The molecule has 1 atom stereocenters. The zero-order chi connectivity index (χ0) is 27.2. The van der Waals surface area contributed by atoms with E-state index in [4.69, 9.17) is 4.74 Å². The number of para-hydroxylation sites is 2. The second-order valence-corrected chi connectivity index (χ2v) is 8.89. The Morgan fingerprint density at radius 2 is 2.05 bits per heavy atom. The molecular formula is C28H25N7O4. The number of aromatic amines is 1. The molecule has 0 bridgehead atoms. The Hall–Kier alpha value is -5.24. The summed E-state index contributed by atoms with van der Waals surface area (Å²) >= 11 is 0. The Morgan fingerprint density at radius 1 is 1.23 bits per heavy atom. The smallest absolute Gasteiger partial charge is 0.291 e. The minimum absolute atomic E-state index is 0.00277. The van der Waals surface area contributed by atoms with Gasteiger partial charge in [-0.1, -0.05) is 36.1 Å². The lowest BCUT2D eigenvalue weighted by Gasteiger charge is -2.19. The number of rotatable bonds is 7. The summed E-state index contributed by atoms with van der Waals surface area (Å²) in [4.78, 5) is 42.1. The van der Waals surface area contributed by atoms with E-state index in [2.05, 4.69) is 37.4 Å². The van der Waals surface area contributed by atoms with Gasteiger partial charge in [0, 0.05) is 31.6 Å². The molecule has 0 aliphatic carbocycles. The van der Waals surface area contributed by atoms with Crippen LogP contribution < -0.4 is 15.0 Å². The average molecular weight is 524 g/mol. The Balaban J connectivity index is 1.14. The molecule has 0 fully saturated rings. The van der Waals surface area contributed by atoms with Gasteiger partial charge in [0.15, 0.2) is 6.29 Å². The number of fused-ring (bicyclic) bond motifs is 1. The van der Waals surface area contributed by atoms with E-state index < -0.39 is 11.9 Å². The van der Waals surface area contributed by atoms with Crippen LogP contribution in [0.3, 0.4) is 0 Å². The number of carbonyl (C=O) groups excluding carboxylic acids is 3. The van der Waals surface area contributed by atoms with Crippen LogP contribution in [0.5, 0.6) is 5.75 Å². The predicted octanol–water partition coefficient (Wildman–Crippen LogP) is 2.00. The highest BCUT2D eigenvalue weighted by molar-refractivity contribution is 6.02. The molecule has 0 radical (unpaired) electrons. The Labute approximate surface area is 224 Å². The number of amides is 2. The number of carbonyl (C=O) groups is 3. The summed E-state index contributed by atoms with van der Waals surface area (Å²) in [5.74, 6) is 6.39. The summed E-state index contributed by atoms with van der Waals surface area (Å²) in [6.45, 7) is 0.607. The van der Waals surface area contributed by atoms with Crippen LogP contribution in [0, 0.1) is 11.8 Å². The summed E-state index contributed by atoms with van der Waals surface area (Å²) in [7, 11) is 1.64. The molecule has 0 spiro atoms. The summed E-state index contributed by atoms with van der Waals surface area (Å²) in [6.07, 6.45) is 5.02. The van der Waals surface area contributed by atoms with E-state index in [1.807, 2.05) is 36.4 Å². The van der Waals surface area contributed by atoms with Crippen molar-refractivity contribution in [2.45, 2.75) is 25.4 Å². The van der Waals surface area contributed by atoms with Gasteiger partial charge in [0.25, 0.3) is 11.8 Å². The van der Waals surface area contributed by atoms with E-state index >= 15 is 0 Å². The molecule has 2 aromatic carbocycles. The molecule has 11 heteroatoms. The molecule has 0 saturated heterocycles. The van der Waals surface area contributed by atoms with Crippen LogP contribution in [0.4, 0.5) is 5.69 Å². The summed E-state index contributed by atoms with van der Waals surface area (Å²) in [5, 5.41) is 13.6. The van der Waals surface area contributed by atoms with Crippen molar-refractivity contribution in [2.24, 2.45) is 0 Å². The van der Waals surface area contributed by atoms with Crippen molar-refractivity contribution in [2.75, 3.05) is 18.6 Å². The molecule has 2 N–H and O–H groups in total. The van der Waals surface area contributed by atoms with Gasteiger partial charge in [-0.2, -0.15) is 5.10 Å². The Kier molecular flexibility index (Phi) is 7.45. The van der Waals surface area contributed by atoms with Crippen LogP contribution >= 0.6 is 0 Å². The molecule has 1 aliphatic rings. The molecule has 2 amide bonds. The van der Waals surface area contributed by atoms with Crippen molar-refractivity contribution in [1.82, 2.24) is 30.3 Å². The maximum absolute atomic E-state index is 12.9. The average Bonchev–Trinajstić information content (AvgIpc) is 3.61. The minimum atomic E-state index is -0.876. The van der Waals surface area contributed by atoms with Gasteiger partial charge in [0.2, 0.25) is 5.82 Å². The van der Waals surface area contributed by atoms with Gasteiger partial charge in [-0.05, 0) is 29.8 Å². The summed E-state index contributed by atoms with van der Waals surface area (Å²) in [5.41, 5.74) is 3.02. The van der Waals surface area contributed by atoms with Gasteiger partial charge >= 0.3 is 0 Å². The zero-order valence-corrected chi connectivity index (χ0v) is 21.1. The standard InChI is InChI=1S/C28H25N7O4/c1-34-23-7-2-3-8-24(23)39-18-22(28(34)38)30-27(37)26-31-25(32-33-26)14-20-11-9-19(10-12-20)6-4-5-13-35-16-21(17-36)15-29-35/h2-3,7-12,15-17,22H,5,13-14,18H2,1H3,(H,30,37)(H,31,32,33). The maximum atomic E-state index is 12.9. The zero-order valence-electron chi connectivity index (χ0n) is 21.1. The molecule has 11 nitrogen and oxygen atoms in total. The van der Waals surface area contributed by atoms with Gasteiger partial charge in [-0.15, -0.1) is 5.10 Å². The van der Waals surface area contributed by atoms with Crippen LogP contribution in [0.2, 0.25) is 0 Å². The lowest BCUT2D eigenvalue weighted by Crippen LogP contribution is -2.49. The third kappa shape index (κ3) is 6.02. The number of aryl methyl sites for hydroxylation is 1. The molecule has 196 valence electrons. The monoisotopic (exact) mass is 523 g/mol. The SMILES string of the molecule is CN1C(=O)C(NC(=O)c2n[nH]c(Cc3ccc(C#CCCn4cc(C=O)cn4)cc3)n2)COc2ccccc21. The number of anilines is 1. The molecule has 2 aromatic heterocycles. The number of likely N-dealkylation sites (N-methyl/N-ethyl adjacent to an activating group) is 1. The van der Waals surface area contributed by atoms with Crippen molar-refractivity contribution in [3.63, 3.8) is 0 Å². The fourth-order valence-corrected chi connectivity index (χ4v) is 4.05. The number of nitrogens with one attached hydrogen (secondary N) is 2. The normalized spacial score (nSPS) is 14.4. The van der Waals surface area contributed by atoms with Crippen molar-refractivity contribution in [1.29, 1.82) is 0 Å². The quantitative estimate of drug-likeness (QED) is 0.279. The van der Waals surface area contributed by atoms with Crippen molar-refractivity contribution in [3.8, 4) is 17.6 Å². The van der Waals surface area contributed by atoms with E-state index in [0.717, 1.165) is 17.4 Å². The van der Waals surface area contributed by atoms with Crippen molar-refractivity contribution >= 4 is 23.8 Å². The number of ether oxygens (including phenoxy) is 1. The molecule has 4 aromatic rings. The van der Waals surface area contributed by atoms with E-state index in [9.17, 15) is 14.4 Å². The summed E-state index contributed by atoms with van der Waals surface area (Å²) in [6, 6.07) is 14.0. The van der Waals surface area contributed by atoms with E-state index in [0.29, 0.717) is 42.2 Å². The molecule has 1 unspecified atom stereocenters. The second-order valence-electron chi connectivity index (χ2n) is 8.89. The van der Waals surface area contributed by atoms with E-state index in [-0.39, 0.29) is 18.3 Å². The lowest BCUT2D eigenvalue weighted by atomic mass is 10.1. The fraction of sp³-hybridized carbons (Fsp3) is 0.214. The number of nitrogens with zero attached hydrogens (tertiary/aromatic N) is 5. The van der Waals surface area contributed by atoms with Crippen molar-refractivity contribution in [3.05, 3.63) is 89.3 Å². The first-order valence-corrected chi connectivity index (χ1v) is 12.3. The first-order chi connectivity index (χ1) is 19.0. The van der Waals surface area contributed by atoms with Crippen LogP contribution in [0.1, 0.15) is 44.3 Å². The van der Waals surface area contributed by atoms with Crippen LogP contribution in [-0.2, 0) is 17.8 Å². The molecular weight excluding hydrogens is 498 g/mol. The molecule has 3 heterocycles. The second kappa shape index (κ2) is 11.4. The van der Waals surface area contributed by atoms with Crippen LogP contribution in [0.15, 0.2) is 60.9 Å². The first-order valence-electron chi connectivity index (χ1n) is 12.3. The molecule has 0 saturated carbocycles. The number of hydrogen-bond donors (Lipinski definition) is 2. The molecule has 39 heavy (non-hydrogen) atoms. The van der Waals surface area contributed by atoms with Gasteiger partial charge in [-0.3, -0.25) is 24.2 Å². The van der Waals surface area contributed by atoms with Gasteiger partial charge < -0.3 is 15.0 Å². The lowest BCUT2D eigenvalue weighted by molar-refractivity contribution is -0.120. The Bertz CT molecular complexity index is 1560. The van der Waals surface area contributed by atoms with Crippen LogP contribution in [0.25, 0.3) is 0 Å². The highest BCUT2D eigenvalue weighted by atomic mass is 16.5. The number of aromatic nitrogens is 5. The highest BCUT2D eigenvalue weighted by Gasteiger charge is 2.31. The van der Waals surface area contributed by atoms with E-state index in [1.165, 1.54) is 11.1 Å². The maximum Gasteiger partial charge on any atom is 0.291 e. The number of H-pyrrole nitrogens is 1. The molecule has 1 aliphatic heterocycles.